The molecular weight excluding hydrogens is 330 g/mol. The number of hydrogen-bond acceptors (Lipinski definition) is 4. The van der Waals surface area contributed by atoms with Gasteiger partial charge in [-0.3, -0.25) is 14.2 Å². The molecule has 0 unspecified atom stereocenters. The Morgan fingerprint density at radius 1 is 1.12 bits per heavy atom. The van der Waals surface area contributed by atoms with Crippen LogP contribution in [-0.2, 0) is 0 Å². The van der Waals surface area contributed by atoms with E-state index in [0.717, 1.165) is 22.4 Å². The minimum absolute atomic E-state index is 0.0754. The Morgan fingerprint density at radius 3 is 2.84 bits per heavy atom. The maximum Gasteiger partial charge on any atom is 0.259 e. The van der Waals surface area contributed by atoms with Gasteiger partial charge in [-0.05, 0) is 36.3 Å². The fourth-order valence-electron chi connectivity index (χ4n) is 2.68. The summed E-state index contributed by atoms with van der Waals surface area (Å²) in [6, 6.07) is 13.5. The zero-order chi connectivity index (χ0) is 17.2. The van der Waals surface area contributed by atoms with Crippen LogP contribution in [0.1, 0.15) is 16.8 Å². The molecule has 25 heavy (non-hydrogen) atoms. The second-order valence-corrected chi connectivity index (χ2v) is 6.58. The van der Waals surface area contributed by atoms with Gasteiger partial charge in [-0.2, -0.15) is 0 Å². The summed E-state index contributed by atoms with van der Waals surface area (Å²) in [5, 5.41) is 1.98. The van der Waals surface area contributed by atoms with Crippen molar-refractivity contribution in [1.29, 1.82) is 0 Å². The average Bonchev–Trinajstić information content (AvgIpc) is 3.05. The molecule has 122 valence electrons. The minimum Gasteiger partial charge on any atom is -0.269 e. The number of aromatic nitrogens is 3. The molecule has 0 saturated heterocycles. The van der Waals surface area contributed by atoms with Crippen molar-refractivity contribution in [2.45, 2.75) is 6.92 Å². The number of nitrogens with zero attached hydrogens (tertiary/aromatic N) is 3. The Bertz CT molecular complexity index is 1130. The van der Waals surface area contributed by atoms with Crippen molar-refractivity contribution in [3.05, 3.63) is 87.4 Å². The lowest BCUT2D eigenvalue weighted by Gasteiger charge is -2.03. The quantitative estimate of drug-likeness (QED) is 0.556. The van der Waals surface area contributed by atoms with Gasteiger partial charge >= 0.3 is 0 Å². The molecule has 4 rings (SSSR count). The maximum absolute atomic E-state index is 12.6. The molecule has 4 nitrogen and oxygen atoms in total. The second-order valence-electron chi connectivity index (χ2n) is 5.75. The lowest BCUT2D eigenvalue weighted by molar-refractivity contribution is 1.08. The van der Waals surface area contributed by atoms with E-state index >= 15 is 0 Å². The molecule has 3 heterocycles. The SMILES string of the molecule is Cc1cccc(-c2csc3nc(/C=C/c4cccnc4)cc(=O)n23)c1. The number of thiazole rings is 1. The molecule has 0 N–H and O–H groups in total. The molecule has 0 bridgehead atoms. The fourth-order valence-corrected chi connectivity index (χ4v) is 3.59. The van der Waals surface area contributed by atoms with Gasteiger partial charge in [0.25, 0.3) is 5.56 Å². The highest BCUT2D eigenvalue weighted by molar-refractivity contribution is 7.15. The van der Waals surface area contributed by atoms with E-state index in [9.17, 15) is 4.79 Å². The third kappa shape index (κ3) is 3.14. The normalized spacial score (nSPS) is 11.4. The third-order valence-corrected chi connectivity index (χ3v) is 4.70. The van der Waals surface area contributed by atoms with Crippen molar-refractivity contribution in [3.63, 3.8) is 0 Å². The first kappa shape index (κ1) is 15.5. The molecular formula is C20H15N3OS. The van der Waals surface area contributed by atoms with Crippen LogP contribution in [0.2, 0.25) is 0 Å². The van der Waals surface area contributed by atoms with Crippen LogP contribution < -0.4 is 5.56 Å². The molecule has 1 aromatic carbocycles. The van der Waals surface area contributed by atoms with Gasteiger partial charge in [0.15, 0.2) is 4.96 Å². The summed E-state index contributed by atoms with van der Waals surface area (Å²) < 4.78 is 1.67. The Balaban J connectivity index is 1.77. The summed E-state index contributed by atoms with van der Waals surface area (Å²) in [5.41, 5.74) is 4.60. The average molecular weight is 345 g/mol. The van der Waals surface area contributed by atoms with Crippen LogP contribution in [0.5, 0.6) is 0 Å². The number of pyridine rings is 1. The summed E-state index contributed by atoms with van der Waals surface area (Å²) >= 11 is 1.47. The predicted molar refractivity (Wildman–Crippen MR) is 103 cm³/mol. The second kappa shape index (κ2) is 6.45. The summed E-state index contributed by atoms with van der Waals surface area (Å²) in [4.78, 5) is 22.0. The van der Waals surface area contributed by atoms with E-state index in [-0.39, 0.29) is 5.56 Å². The summed E-state index contributed by atoms with van der Waals surface area (Å²) in [6.45, 7) is 2.04. The smallest absolute Gasteiger partial charge is 0.259 e. The van der Waals surface area contributed by atoms with E-state index in [0.29, 0.717) is 10.7 Å². The van der Waals surface area contributed by atoms with Crippen LogP contribution in [0.25, 0.3) is 28.4 Å². The molecule has 5 heteroatoms. The fraction of sp³-hybridized carbons (Fsp3) is 0.0500. The van der Waals surface area contributed by atoms with Crippen LogP contribution in [0.4, 0.5) is 0 Å². The topological polar surface area (TPSA) is 47.3 Å². The zero-order valence-corrected chi connectivity index (χ0v) is 14.4. The lowest BCUT2D eigenvalue weighted by Crippen LogP contribution is -2.13. The maximum atomic E-state index is 12.6. The van der Waals surface area contributed by atoms with Gasteiger partial charge in [0, 0.05) is 23.8 Å². The van der Waals surface area contributed by atoms with Crippen molar-refractivity contribution in [2.75, 3.05) is 0 Å². The van der Waals surface area contributed by atoms with E-state index < -0.39 is 0 Å². The lowest BCUT2D eigenvalue weighted by atomic mass is 10.1. The Kier molecular flexibility index (Phi) is 3.99. The number of rotatable bonds is 3. The van der Waals surface area contributed by atoms with Crippen molar-refractivity contribution in [3.8, 4) is 11.3 Å². The highest BCUT2D eigenvalue weighted by atomic mass is 32.1. The molecule has 3 aromatic heterocycles. The highest BCUT2D eigenvalue weighted by Gasteiger charge is 2.10. The Labute approximate surface area is 148 Å². The van der Waals surface area contributed by atoms with Gasteiger partial charge in [0.2, 0.25) is 0 Å². The molecule has 0 aliphatic heterocycles. The number of aryl methyl sites for hydroxylation is 1. The van der Waals surface area contributed by atoms with Crippen LogP contribution in [0.3, 0.4) is 0 Å². The standard InChI is InChI=1S/C20H15N3OS/c1-14-4-2-6-16(10-14)18-13-25-20-22-17(11-19(24)23(18)20)8-7-15-5-3-9-21-12-15/h2-13H,1H3/b8-7+. The first-order valence-electron chi connectivity index (χ1n) is 7.87. The van der Waals surface area contributed by atoms with Crippen LogP contribution >= 0.6 is 11.3 Å². The van der Waals surface area contributed by atoms with Gasteiger partial charge in [-0.1, -0.05) is 35.9 Å². The molecule has 4 aromatic rings. The van der Waals surface area contributed by atoms with Crippen molar-refractivity contribution >= 4 is 28.4 Å². The first-order valence-corrected chi connectivity index (χ1v) is 8.75. The molecule has 0 fully saturated rings. The summed E-state index contributed by atoms with van der Waals surface area (Å²) in [5.74, 6) is 0. The molecule has 0 saturated carbocycles. The molecule has 0 radical (unpaired) electrons. The van der Waals surface area contributed by atoms with Crippen molar-refractivity contribution in [1.82, 2.24) is 14.4 Å². The largest absolute Gasteiger partial charge is 0.269 e. The summed E-state index contributed by atoms with van der Waals surface area (Å²) in [7, 11) is 0. The van der Waals surface area contributed by atoms with Gasteiger partial charge in [-0.25, -0.2) is 4.98 Å². The minimum atomic E-state index is -0.0754. The molecule has 0 spiro atoms. The van der Waals surface area contributed by atoms with Crippen LogP contribution in [0.15, 0.2) is 65.0 Å². The molecule has 0 atom stereocenters. The van der Waals surface area contributed by atoms with Crippen molar-refractivity contribution in [2.24, 2.45) is 0 Å². The third-order valence-electron chi connectivity index (χ3n) is 3.87. The van der Waals surface area contributed by atoms with Crippen LogP contribution in [0, 0.1) is 6.92 Å². The number of benzene rings is 1. The number of hydrogen-bond donors (Lipinski definition) is 0. The van der Waals surface area contributed by atoms with E-state index in [2.05, 4.69) is 16.0 Å². The Morgan fingerprint density at radius 2 is 2.04 bits per heavy atom. The van der Waals surface area contributed by atoms with Gasteiger partial charge in [0.05, 0.1) is 11.4 Å². The van der Waals surface area contributed by atoms with Gasteiger partial charge in [0.1, 0.15) is 0 Å². The van der Waals surface area contributed by atoms with Gasteiger partial charge in [-0.15, -0.1) is 11.3 Å². The van der Waals surface area contributed by atoms with E-state index in [1.807, 2.05) is 54.8 Å². The highest BCUT2D eigenvalue weighted by Crippen LogP contribution is 2.24. The van der Waals surface area contributed by atoms with E-state index in [4.69, 9.17) is 0 Å². The Hall–Kier alpha value is -3.05. The zero-order valence-electron chi connectivity index (χ0n) is 13.6. The predicted octanol–water partition coefficient (Wildman–Crippen LogP) is 4.30. The molecule has 0 aliphatic carbocycles. The summed E-state index contributed by atoms with van der Waals surface area (Å²) in [6.07, 6.45) is 7.24. The number of fused-ring (bicyclic) bond motifs is 1. The molecule has 0 aliphatic rings. The van der Waals surface area contributed by atoms with E-state index in [1.54, 1.807) is 22.9 Å². The first-order chi connectivity index (χ1) is 12.2. The molecule has 0 amide bonds. The monoisotopic (exact) mass is 345 g/mol. The van der Waals surface area contributed by atoms with E-state index in [1.165, 1.54) is 11.3 Å². The van der Waals surface area contributed by atoms with Gasteiger partial charge < -0.3 is 0 Å². The van der Waals surface area contributed by atoms with Crippen LogP contribution in [-0.4, -0.2) is 14.4 Å². The van der Waals surface area contributed by atoms with Crippen molar-refractivity contribution < 1.29 is 0 Å².